The number of anilines is 1. The first kappa shape index (κ1) is 24.1. The summed E-state index contributed by atoms with van der Waals surface area (Å²) in [6, 6.07) is 11.3. The van der Waals surface area contributed by atoms with E-state index in [1.807, 2.05) is 9.80 Å². The molecule has 0 saturated carbocycles. The fourth-order valence-corrected chi connectivity index (χ4v) is 4.61. The van der Waals surface area contributed by atoms with Crippen LogP contribution in [0.4, 0.5) is 5.69 Å². The lowest BCUT2D eigenvalue weighted by atomic mass is 10.0. The number of nitrogens with one attached hydrogen (secondary N) is 1. The Balaban J connectivity index is 1.33. The van der Waals surface area contributed by atoms with Crippen molar-refractivity contribution in [2.24, 2.45) is 0 Å². The van der Waals surface area contributed by atoms with Crippen LogP contribution < -0.4 is 15.0 Å². The highest BCUT2D eigenvalue weighted by Gasteiger charge is 2.35. The second-order valence-corrected chi connectivity index (χ2v) is 9.09. The normalized spacial score (nSPS) is 21.0. The van der Waals surface area contributed by atoms with Crippen LogP contribution in [-0.2, 0) is 4.79 Å². The summed E-state index contributed by atoms with van der Waals surface area (Å²) in [6.45, 7) is 1.52. The highest BCUT2D eigenvalue weighted by molar-refractivity contribution is 6.30. The number of carbonyl (C=O) groups excluding carboxylic acids is 1. The van der Waals surface area contributed by atoms with Gasteiger partial charge in [-0.15, -0.1) is 0 Å². The van der Waals surface area contributed by atoms with Gasteiger partial charge in [-0.25, -0.2) is 4.79 Å². The van der Waals surface area contributed by atoms with E-state index in [1.54, 1.807) is 24.3 Å². The zero-order valence-corrected chi connectivity index (χ0v) is 19.3. The first-order valence-electron chi connectivity index (χ1n) is 11.2. The number of aromatic hydroxyl groups is 1. The van der Waals surface area contributed by atoms with Crippen LogP contribution in [0.3, 0.4) is 0 Å². The molecule has 2 fully saturated rings. The van der Waals surface area contributed by atoms with Crippen LogP contribution in [0.25, 0.3) is 0 Å². The van der Waals surface area contributed by atoms with E-state index in [9.17, 15) is 19.8 Å². The van der Waals surface area contributed by atoms with E-state index in [1.165, 1.54) is 18.2 Å². The molecule has 10 heteroatoms. The largest absolute Gasteiger partial charge is 0.508 e. The Morgan fingerprint density at radius 1 is 1.09 bits per heavy atom. The summed E-state index contributed by atoms with van der Waals surface area (Å²) in [4.78, 5) is 27.3. The number of nitrogens with zero attached hydrogens (tertiary/aromatic N) is 2. The third kappa shape index (κ3) is 5.72. The SMILES string of the molecule is O=C(O)COc1ccc(O)cc1N1C[C@@H](O)[C@H](NC2CCN(C(=O)c3ccc(Cl)cc3)CC2)C1. The number of aliphatic carboxylic acids is 1. The Morgan fingerprint density at radius 2 is 1.79 bits per heavy atom. The Morgan fingerprint density at radius 3 is 2.47 bits per heavy atom. The average molecular weight is 490 g/mol. The molecule has 2 atom stereocenters. The van der Waals surface area contributed by atoms with Gasteiger partial charge in [0.2, 0.25) is 0 Å². The summed E-state index contributed by atoms with van der Waals surface area (Å²) in [7, 11) is 0. The molecule has 0 aliphatic carbocycles. The predicted molar refractivity (Wildman–Crippen MR) is 127 cm³/mol. The lowest BCUT2D eigenvalue weighted by Gasteiger charge is -2.34. The number of rotatable bonds is 7. The number of piperidine rings is 1. The number of phenols is 1. The van der Waals surface area contributed by atoms with Crippen molar-refractivity contribution in [2.75, 3.05) is 37.7 Å². The fourth-order valence-electron chi connectivity index (χ4n) is 4.49. The van der Waals surface area contributed by atoms with Crippen molar-refractivity contribution in [3.63, 3.8) is 0 Å². The molecule has 0 bridgehead atoms. The maximum atomic E-state index is 12.7. The van der Waals surface area contributed by atoms with E-state index in [2.05, 4.69) is 5.32 Å². The standard InChI is InChI=1S/C24H28ClN3O6/c25-16-3-1-15(2-4-16)24(33)27-9-7-17(8-10-27)26-19-12-28(13-21(19)30)20-11-18(29)5-6-22(20)34-14-23(31)32/h1-6,11,17,19,21,26,29-30H,7-10,12-14H2,(H,31,32)/t19-,21-/m1/s1. The van der Waals surface area contributed by atoms with Crippen LogP contribution in [0.5, 0.6) is 11.5 Å². The molecular formula is C24H28ClN3O6. The Kier molecular flexibility index (Phi) is 7.45. The van der Waals surface area contributed by atoms with Gasteiger partial charge in [-0.2, -0.15) is 0 Å². The van der Waals surface area contributed by atoms with Crippen LogP contribution in [-0.4, -0.2) is 83.1 Å². The number of carbonyl (C=O) groups is 2. The molecular weight excluding hydrogens is 462 g/mol. The summed E-state index contributed by atoms with van der Waals surface area (Å²) in [5.74, 6) is -0.746. The Hall–Kier alpha value is -3.01. The minimum absolute atomic E-state index is 0.0139. The predicted octanol–water partition coefficient (Wildman–Crippen LogP) is 1.95. The third-order valence-corrected chi connectivity index (χ3v) is 6.50. The summed E-state index contributed by atoms with van der Waals surface area (Å²) in [5.41, 5.74) is 1.15. The first-order valence-corrected chi connectivity index (χ1v) is 11.6. The van der Waals surface area contributed by atoms with Crippen molar-refractivity contribution in [2.45, 2.75) is 31.0 Å². The number of likely N-dealkylation sites (tertiary alicyclic amines) is 1. The molecule has 182 valence electrons. The quantitative estimate of drug-likeness (QED) is 0.465. The lowest BCUT2D eigenvalue weighted by molar-refractivity contribution is -0.139. The molecule has 4 N–H and O–H groups in total. The van der Waals surface area contributed by atoms with Gasteiger partial charge in [-0.3, -0.25) is 4.79 Å². The highest BCUT2D eigenvalue weighted by atomic mass is 35.5. The van der Waals surface area contributed by atoms with Crippen LogP contribution in [0, 0.1) is 0 Å². The molecule has 0 aromatic heterocycles. The first-order chi connectivity index (χ1) is 16.3. The molecule has 4 rings (SSSR count). The Bertz CT molecular complexity index is 1030. The van der Waals surface area contributed by atoms with Gasteiger partial charge in [0.05, 0.1) is 17.8 Å². The molecule has 0 spiro atoms. The number of carboxylic acid groups (broad SMARTS) is 1. The Labute approximate surface area is 202 Å². The molecule has 2 saturated heterocycles. The van der Waals surface area contributed by atoms with Crippen LogP contribution >= 0.6 is 11.6 Å². The fraction of sp³-hybridized carbons (Fsp3) is 0.417. The second kappa shape index (κ2) is 10.5. The van der Waals surface area contributed by atoms with E-state index in [0.29, 0.717) is 48.2 Å². The zero-order chi connectivity index (χ0) is 24.2. The molecule has 0 radical (unpaired) electrons. The van der Waals surface area contributed by atoms with Crippen molar-refractivity contribution < 1.29 is 29.6 Å². The number of aliphatic hydroxyl groups is 1. The number of hydrogen-bond acceptors (Lipinski definition) is 7. The van der Waals surface area contributed by atoms with Crippen molar-refractivity contribution in [3.8, 4) is 11.5 Å². The minimum Gasteiger partial charge on any atom is -0.508 e. The number of phenolic OH excluding ortho intramolecular Hbond substituents is 1. The molecule has 9 nitrogen and oxygen atoms in total. The van der Waals surface area contributed by atoms with Crippen molar-refractivity contribution >= 4 is 29.2 Å². The van der Waals surface area contributed by atoms with E-state index in [4.69, 9.17) is 21.4 Å². The van der Waals surface area contributed by atoms with Crippen LogP contribution in [0.1, 0.15) is 23.2 Å². The molecule has 2 aromatic carbocycles. The van der Waals surface area contributed by atoms with Crippen LogP contribution in [0.15, 0.2) is 42.5 Å². The third-order valence-electron chi connectivity index (χ3n) is 6.25. The number of aliphatic hydroxyl groups excluding tert-OH is 1. The number of amides is 1. The molecule has 34 heavy (non-hydrogen) atoms. The topological polar surface area (TPSA) is 123 Å². The number of halogens is 1. The number of ether oxygens (including phenoxy) is 1. The van der Waals surface area contributed by atoms with Gasteiger partial charge < -0.3 is 35.2 Å². The van der Waals surface area contributed by atoms with Gasteiger partial charge in [0.1, 0.15) is 11.5 Å². The minimum atomic E-state index is -1.10. The van der Waals surface area contributed by atoms with Gasteiger partial charge in [-0.05, 0) is 49.2 Å². The van der Waals surface area contributed by atoms with E-state index in [0.717, 1.165) is 12.8 Å². The molecule has 1 amide bonds. The van der Waals surface area contributed by atoms with Crippen molar-refractivity contribution in [1.82, 2.24) is 10.2 Å². The number of carboxylic acids is 1. The van der Waals surface area contributed by atoms with Crippen molar-refractivity contribution in [1.29, 1.82) is 0 Å². The smallest absolute Gasteiger partial charge is 0.341 e. The van der Waals surface area contributed by atoms with Crippen LogP contribution in [0.2, 0.25) is 5.02 Å². The highest BCUT2D eigenvalue weighted by Crippen LogP contribution is 2.34. The summed E-state index contributed by atoms with van der Waals surface area (Å²) in [5, 5.41) is 33.6. The molecule has 0 unspecified atom stereocenters. The number of benzene rings is 2. The van der Waals surface area contributed by atoms with Gasteiger partial charge in [-0.1, -0.05) is 11.6 Å². The molecule has 2 aliphatic heterocycles. The molecule has 2 heterocycles. The maximum Gasteiger partial charge on any atom is 0.341 e. The van der Waals surface area contributed by atoms with E-state index >= 15 is 0 Å². The van der Waals surface area contributed by atoms with Gasteiger partial charge in [0, 0.05) is 48.9 Å². The average Bonchev–Trinajstić information content (AvgIpc) is 3.18. The summed E-state index contributed by atoms with van der Waals surface area (Å²) >= 11 is 5.91. The van der Waals surface area contributed by atoms with Gasteiger partial charge >= 0.3 is 5.97 Å². The number of hydrogen-bond donors (Lipinski definition) is 4. The summed E-state index contributed by atoms with van der Waals surface area (Å²) < 4.78 is 5.36. The molecule has 2 aromatic rings. The van der Waals surface area contributed by atoms with E-state index < -0.39 is 18.7 Å². The number of β-amino-alcohol motifs (C(OH)–C–C–N with tert-alkyl or cyclic N) is 1. The monoisotopic (exact) mass is 489 g/mol. The second-order valence-electron chi connectivity index (χ2n) is 8.65. The summed E-state index contributed by atoms with van der Waals surface area (Å²) in [6.07, 6.45) is 0.881. The van der Waals surface area contributed by atoms with Crippen molar-refractivity contribution in [3.05, 3.63) is 53.1 Å². The van der Waals surface area contributed by atoms with Gasteiger partial charge in [0.15, 0.2) is 6.61 Å². The lowest BCUT2D eigenvalue weighted by Crippen LogP contribution is -2.50. The maximum absolute atomic E-state index is 12.7. The van der Waals surface area contributed by atoms with Gasteiger partial charge in [0.25, 0.3) is 5.91 Å². The van der Waals surface area contributed by atoms with E-state index in [-0.39, 0.29) is 23.7 Å². The zero-order valence-electron chi connectivity index (χ0n) is 18.6. The molecule has 2 aliphatic rings.